The first-order chi connectivity index (χ1) is 14.1. The molecule has 8 heteroatoms. The summed E-state index contributed by atoms with van der Waals surface area (Å²) in [6, 6.07) is 3.69. The van der Waals surface area contributed by atoms with E-state index in [1.54, 1.807) is 6.07 Å². The number of hydrogen-bond donors (Lipinski definition) is 2. The number of carbonyl (C=O) groups is 1. The highest BCUT2D eigenvalue weighted by Crippen LogP contribution is 2.61. The fourth-order valence-corrected chi connectivity index (χ4v) is 6.96. The van der Waals surface area contributed by atoms with Gasteiger partial charge < -0.3 is 14.0 Å². The normalized spacial score (nSPS) is 32.5. The summed E-state index contributed by atoms with van der Waals surface area (Å²) in [5, 5.41) is 10.6. The van der Waals surface area contributed by atoms with E-state index in [0.717, 1.165) is 51.0 Å². The Labute approximate surface area is 178 Å². The van der Waals surface area contributed by atoms with Crippen LogP contribution < -0.4 is 13.6 Å². The Morgan fingerprint density at radius 3 is 2.70 bits per heavy atom. The van der Waals surface area contributed by atoms with Gasteiger partial charge in [0.1, 0.15) is 0 Å². The molecule has 4 rings (SSSR count). The summed E-state index contributed by atoms with van der Waals surface area (Å²) in [6.45, 7) is 5.57. The lowest BCUT2D eigenvalue weighted by molar-refractivity contribution is -0.117. The van der Waals surface area contributed by atoms with Gasteiger partial charge in [-0.1, -0.05) is 6.92 Å². The first-order valence-corrected chi connectivity index (χ1v) is 12.3. The third-order valence-corrected chi connectivity index (χ3v) is 8.44. The van der Waals surface area contributed by atoms with Crippen molar-refractivity contribution in [1.29, 1.82) is 0 Å². The first kappa shape index (κ1) is 21.4. The molecule has 0 spiro atoms. The van der Waals surface area contributed by atoms with Crippen LogP contribution in [0.2, 0.25) is 0 Å². The summed E-state index contributed by atoms with van der Waals surface area (Å²) in [5.74, 6) is 1.21. The van der Waals surface area contributed by atoms with E-state index in [1.807, 2.05) is 17.7 Å². The molecule has 3 aliphatic carbocycles. The van der Waals surface area contributed by atoms with Crippen LogP contribution in [0.5, 0.6) is 11.5 Å². The van der Waals surface area contributed by atoms with Crippen molar-refractivity contribution in [3.05, 3.63) is 23.3 Å². The number of carbonyl (C=O) groups excluding carboxylic acids is 1. The molecule has 0 unspecified atom stereocenters. The van der Waals surface area contributed by atoms with Crippen LogP contribution in [-0.4, -0.2) is 32.1 Å². The maximum atomic E-state index is 12.1. The van der Waals surface area contributed by atoms with Crippen LogP contribution in [0.15, 0.2) is 12.1 Å². The Bertz CT molecular complexity index is 945. The van der Waals surface area contributed by atoms with Crippen molar-refractivity contribution in [1.82, 2.24) is 4.72 Å². The predicted octanol–water partition coefficient (Wildman–Crippen LogP) is 3.06. The molecular weight excluding hydrogens is 406 g/mol. The molecule has 5 atom stereocenters. The van der Waals surface area contributed by atoms with Gasteiger partial charge in [-0.05, 0) is 91.9 Å². The quantitative estimate of drug-likeness (QED) is 0.734. The highest BCUT2D eigenvalue weighted by Gasteiger charge is 2.54. The number of benzene rings is 1. The molecule has 166 valence electrons. The van der Waals surface area contributed by atoms with E-state index in [-0.39, 0.29) is 17.3 Å². The largest absolute Gasteiger partial charge is 0.490 e. The number of rotatable bonds is 5. The molecule has 1 amide bonds. The second kappa shape index (κ2) is 7.71. The summed E-state index contributed by atoms with van der Waals surface area (Å²) >= 11 is 0. The van der Waals surface area contributed by atoms with Crippen molar-refractivity contribution < 1.29 is 27.2 Å². The predicted molar refractivity (Wildman–Crippen MR) is 112 cm³/mol. The van der Waals surface area contributed by atoms with Crippen LogP contribution in [-0.2, 0) is 21.5 Å². The second-order valence-electron chi connectivity index (χ2n) is 9.18. The molecule has 3 aliphatic rings. The first-order valence-electron chi connectivity index (χ1n) is 10.8. The lowest BCUT2D eigenvalue weighted by Gasteiger charge is -2.50. The van der Waals surface area contributed by atoms with Crippen LogP contribution in [0.25, 0.3) is 0 Å². The maximum Gasteiger partial charge on any atom is 0.409 e. The maximum absolute atomic E-state index is 12.1. The van der Waals surface area contributed by atoms with Gasteiger partial charge >= 0.3 is 10.3 Å². The Kier molecular flexibility index (Phi) is 5.51. The highest BCUT2D eigenvalue weighted by atomic mass is 32.2. The van der Waals surface area contributed by atoms with Crippen molar-refractivity contribution in [2.75, 3.05) is 6.61 Å². The SMILES string of the molecule is CCOc1cc2c(cc1OS(=O)(=O)NC(C)=O)CC[C@@H]1[C@@H]2CC[C@]2(C)[C@@H](O)CC[C@@H]12. The number of ether oxygens (including phenoxy) is 1. The highest BCUT2D eigenvalue weighted by molar-refractivity contribution is 7.85. The number of hydrogen-bond acceptors (Lipinski definition) is 6. The van der Waals surface area contributed by atoms with E-state index in [1.165, 1.54) is 5.56 Å². The van der Waals surface area contributed by atoms with E-state index in [9.17, 15) is 18.3 Å². The van der Waals surface area contributed by atoms with Crippen molar-refractivity contribution in [2.24, 2.45) is 17.3 Å². The van der Waals surface area contributed by atoms with Crippen molar-refractivity contribution >= 4 is 16.2 Å². The fraction of sp³-hybridized carbons (Fsp3) is 0.682. The molecule has 2 fully saturated rings. The number of fused-ring (bicyclic) bond motifs is 5. The minimum Gasteiger partial charge on any atom is -0.490 e. The Balaban J connectivity index is 1.67. The molecule has 0 aromatic heterocycles. The summed E-state index contributed by atoms with van der Waals surface area (Å²) < 4.78 is 37.0. The zero-order chi connectivity index (χ0) is 21.7. The minimum atomic E-state index is -4.26. The van der Waals surface area contributed by atoms with Gasteiger partial charge in [0.15, 0.2) is 11.5 Å². The zero-order valence-electron chi connectivity index (χ0n) is 17.8. The Hall–Kier alpha value is -1.80. The number of amides is 1. The lowest BCUT2D eigenvalue weighted by atomic mass is 9.55. The van der Waals surface area contributed by atoms with Gasteiger partial charge in [-0.2, -0.15) is 8.42 Å². The number of aliphatic hydroxyl groups excluding tert-OH is 1. The monoisotopic (exact) mass is 437 g/mol. The molecule has 0 saturated heterocycles. The number of aliphatic hydroxyl groups is 1. The topological polar surface area (TPSA) is 102 Å². The smallest absolute Gasteiger partial charge is 0.409 e. The average molecular weight is 438 g/mol. The van der Waals surface area contributed by atoms with Crippen molar-refractivity contribution in [2.45, 2.75) is 71.3 Å². The molecule has 1 aromatic carbocycles. The standard InChI is InChI=1S/C22H31NO6S/c1-4-28-19-12-17-14(11-20(19)29-30(26,27)23-13(2)24)5-6-16-15(17)9-10-22(3)18(16)7-8-21(22)25/h11-12,15-16,18,21,25H,4-10H2,1-3H3,(H,23,24)/t15-,16+,18-,21-,22-/m0/s1. The molecule has 2 N–H and O–H groups in total. The van der Waals surface area contributed by atoms with Crippen LogP contribution in [0, 0.1) is 17.3 Å². The molecular formula is C22H31NO6S. The lowest BCUT2D eigenvalue weighted by Crippen LogP contribution is -2.43. The van der Waals surface area contributed by atoms with E-state index < -0.39 is 16.2 Å². The van der Waals surface area contributed by atoms with Gasteiger partial charge in [0.2, 0.25) is 5.91 Å². The molecule has 0 aliphatic heterocycles. The van der Waals surface area contributed by atoms with Gasteiger partial charge in [-0.3, -0.25) is 4.79 Å². The summed E-state index contributed by atoms with van der Waals surface area (Å²) in [6.07, 6.45) is 5.62. The molecule has 0 radical (unpaired) electrons. The molecule has 0 bridgehead atoms. The van der Waals surface area contributed by atoms with Gasteiger partial charge in [-0.15, -0.1) is 0 Å². The Morgan fingerprint density at radius 1 is 1.23 bits per heavy atom. The van der Waals surface area contributed by atoms with E-state index in [2.05, 4.69) is 6.92 Å². The van der Waals surface area contributed by atoms with Crippen molar-refractivity contribution in [3.8, 4) is 11.5 Å². The van der Waals surface area contributed by atoms with Crippen molar-refractivity contribution in [3.63, 3.8) is 0 Å². The van der Waals surface area contributed by atoms with Crippen LogP contribution >= 0.6 is 0 Å². The van der Waals surface area contributed by atoms with Crippen LogP contribution in [0.3, 0.4) is 0 Å². The number of aryl methyl sites for hydroxylation is 1. The van der Waals surface area contributed by atoms with Gasteiger partial charge in [0.25, 0.3) is 0 Å². The molecule has 30 heavy (non-hydrogen) atoms. The molecule has 2 saturated carbocycles. The van der Waals surface area contributed by atoms with E-state index in [0.29, 0.717) is 30.1 Å². The van der Waals surface area contributed by atoms with Gasteiger partial charge in [-0.25, -0.2) is 4.72 Å². The molecule has 0 heterocycles. The second-order valence-corrected chi connectivity index (χ2v) is 10.5. The van der Waals surface area contributed by atoms with Gasteiger partial charge in [0.05, 0.1) is 12.7 Å². The average Bonchev–Trinajstić information content (AvgIpc) is 2.96. The summed E-state index contributed by atoms with van der Waals surface area (Å²) in [5.41, 5.74) is 2.30. The third-order valence-electron chi connectivity index (χ3n) is 7.51. The van der Waals surface area contributed by atoms with E-state index >= 15 is 0 Å². The summed E-state index contributed by atoms with van der Waals surface area (Å²) in [7, 11) is -4.26. The third kappa shape index (κ3) is 3.68. The van der Waals surface area contributed by atoms with Crippen LogP contribution in [0.1, 0.15) is 69.9 Å². The molecule has 1 aromatic rings. The van der Waals surface area contributed by atoms with Crippen LogP contribution in [0.4, 0.5) is 0 Å². The minimum absolute atomic E-state index is 0.0108. The van der Waals surface area contributed by atoms with Gasteiger partial charge in [0, 0.05) is 6.92 Å². The Morgan fingerprint density at radius 2 is 2.00 bits per heavy atom. The summed E-state index contributed by atoms with van der Waals surface area (Å²) in [4.78, 5) is 11.2. The molecule has 7 nitrogen and oxygen atoms in total. The number of nitrogens with one attached hydrogen (secondary N) is 1. The zero-order valence-corrected chi connectivity index (χ0v) is 18.6. The van der Waals surface area contributed by atoms with E-state index in [4.69, 9.17) is 8.92 Å². The fourth-order valence-electron chi connectivity index (χ4n) is 6.20.